The molecule has 1 aliphatic heterocycles. The second-order valence-corrected chi connectivity index (χ2v) is 8.12. The van der Waals surface area contributed by atoms with E-state index in [-0.39, 0.29) is 30.2 Å². The molecule has 0 aliphatic carbocycles. The number of carbonyl (C=O) groups is 2. The molecule has 1 fully saturated rings. The van der Waals surface area contributed by atoms with E-state index in [0.717, 1.165) is 24.9 Å². The van der Waals surface area contributed by atoms with Crippen molar-refractivity contribution in [1.82, 2.24) is 15.0 Å². The molecule has 1 aliphatic rings. The average Bonchev–Trinajstić information content (AvgIpc) is 3.17. The number of hydrogen-bond donors (Lipinski definition) is 1. The Morgan fingerprint density at radius 1 is 1.31 bits per heavy atom. The van der Waals surface area contributed by atoms with E-state index in [2.05, 4.69) is 22.4 Å². The number of anilines is 1. The van der Waals surface area contributed by atoms with E-state index < -0.39 is 0 Å². The van der Waals surface area contributed by atoms with Gasteiger partial charge in [-0.3, -0.25) is 9.59 Å². The third-order valence-corrected chi connectivity index (χ3v) is 5.38. The van der Waals surface area contributed by atoms with Crippen molar-refractivity contribution in [1.29, 1.82) is 0 Å². The summed E-state index contributed by atoms with van der Waals surface area (Å²) in [4.78, 5) is 31.4. The third kappa shape index (κ3) is 5.22. The van der Waals surface area contributed by atoms with E-state index >= 15 is 0 Å². The van der Waals surface area contributed by atoms with Crippen molar-refractivity contribution in [3.05, 3.63) is 41.0 Å². The van der Waals surface area contributed by atoms with Crippen LogP contribution in [0.25, 0.3) is 0 Å². The molecule has 1 aromatic carbocycles. The minimum Gasteiger partial charge on any atom is -0.339 e. The summed E-state index contributed by atoms with van der Waals surface area (Å²) in [5.41, 5.74) is 2.25. The van der Waals surface area contributed by atoms with Crippen LogP contribution < -0.4 is 5.32 Å². The Labute approximate surface area is 171 Å². The number of hydrogen-bond acceptors (Lipinski definition) is 5. The molecule has 0 radical (unpaired) electrons. The molecule has 1 atom stereocenters. The predicted octanol–water partition coefficient (Wildman–Crippen LogP) is 4.09. The molecule has 0 bridgehead atoms. The molecule has 2 aromatic rings. The number of carbonyl (C=O) groups excluding carboxylic acids is 2. The zero-order chi connectivity index (χ0) is 21.0. The van der Waals surface area contributed by atoms with E-state index in [1.807, 2.05) is 31.7 Å². The van der Waals surface area contributed by atoms with Gasteiger partial charge in [0.1, 0.15) is 0 Å². The van der Waals surface area contributed by atoms with Gasteiger partial charge in [-0.25, -0.2) is 0 Å². The highest BCUT2D eigenvalue weighted by Crippen LogP contribution is 2.22. The van der Waals surface area contributed by atoms with Gasteiger partial charge >= 0.3 is 0 Å². The molecule has 3 rings (SSSR count). The van der Waals surface area contributed by atoms with Crippen molar-refractivity contribution in [3.63, 3.8) is 0 Å². The quantitative estimate of drug-likeness (QED) is 0.792. The summed E-state index contributed by atoms with van der Waals surface area (Å²) in [6.45, 7) is 8.80. The zero-order valence-corrected chi connectivity index (χ0v) is 17.7. The van der Waals surface area contributed by atoms with Gasteiger partial charge in [0, 0.05) is 42.6 Å². The van der Waals surface area contributed by atoms with Crippen LogP contribution in [0.3, 0.4) is 0 Å². The Morgan fingerprint density at radius 2 is 2.10 bits per heavy atom. The first-order valence-electron chi connectivity index (χ1n) is 10.4. The zero-order valence-electron chi connectivity index (χ0n) is 17.7. The third-order valence-electron chi connectivity index (χ3n) is 5.38. The van der Waals surface area contributed by atoms with Crippen LogP contribution in [0.15, 0.2) is 22.7 Å². The smallest absolute Gasteiger partial charge is 0.254 e. The first-order valence-corrected chi connectivity index (χ1v) is 10.4. The lowest BCUT2D eigenvalue weighted by molar-refractivity contribution is -0.116. The number of amides is 2. The highest BCUT2D eigenvalue weighted by Gasteiger charge is 2.24. The second-order valence-electron chi connectivity index (χ2n) is 8.12. The molecule has 7 nitrogen and oxygen atoms in total. The lowest BCUT2D eigenvalue weighted by Gasteiger charge is -2.33. The van der Waals surface area contributed by atoms with Gasteiger partial charge in [-0.15, -0.1) is 0 Å². The summed E-state index contributed by atoms with van der Waals surface area (Å²) >= 11 is 0. The number of rotatable bonds is 6. The summed E-state index contributed by atoms with van der Waals surface area (Å²) in [5, 5.41) is 6.82. The van der Waals surface area contributed by atoms with Crippen LogP contribution in [0, 0.1) is 6.92 Å². The molecule has 2 amide bonds. The number of likely N-dealkylation sites (tertiary alicyclic amines) is 1. The molecule has 1 aromatic heterocycles. The van der Waals surface area contributed by atoms with Crippen LogP contribution in [-0.2, 0) is 11.2 Å². The molecule has 29 heavy (non-hydrogen) atoms. The Hall–Kier alpha value is -2.70. The van der Waals surface area contributed by atoms with Crippen molar-refractivity contribution in [3.8, 4) is 0 Å². The first kappa shape index (κ1) is 21.0. The number of piperidine rings is 1. The Balaban J connectivity index is 1.58. The van der Waals surface area contributed by atoms with Gasteiger partial charge in [0.15, 0.2) is 5.82 Å². The van der Waals surface area contributed by atoms with Gasteiger partial charge in [0.2, 0.25) is 11.8 Å². The van der Waals surface area contributed by atoms with Crippen molar-refractivity contribution >= 4 is 17.5 Å². The SMILES string of the molecule is Cc1cc(C(=O)N2CCCCC2C)ccc1NC(=O)CCc1nc(C(C)C)no1. The predicted molar refractivity (Wildman–Crippen MR) is 111 cm³/mol. The number of nitrogens with zero attached hydrogens (tertiary/aromatic N) is 3. The van der Waals surface area contributed by atoms with E-state index in [4.69, 9.17) is 4.52 Å². The van der Waals surface area contributed by atoms with Crippen LogP contribution in [0.1, 0.15) is 80.0 Å². The molecule has 156 valence electrons. The van der Waals surface area contributed by atoms with E-state index in [1.165, 1.54) is 6.42 Å². The maximum absolute atomic E-state index is 12.8. The summed E-state index contributed by atoms with van der Waals surface area (Å²) in [7, 11) is 0. The molecule has 2 heterocycles. The monoisotopic (exact) mass is 398 g/mol. The fourth-order valence-corrected chi connectivity index (χ4v) is 3.54. The summed E-state index contributed by atoms with van der Waals surface area (Å²) < 4.78 is 5.18. The highest BCUT2D eigenvalue weighted by atomic mass is 16.5. The number of aryl methyl sites for hydroxylation is 2. The van der Waals surface area contributed by atoms with Gasteiger partial charge in [-0.2, -0.15) is 4.98 Å². The maximum Gasteiger partial charge on any atom is 0.254 e. The highest BCUT2D eigenvalue weighted by molar-refractivity contribution is 5.96. The fourth-order valence-electron chi connectivity index (χ4n) is 3.54. The van der Waals surface area contributed by atoms with Crippen LogP contribution >= 0.6 is 0 Å². The van der Waals surface area contributed by atoms with Crippen LogP contribution in [0.4, 0.5) is 5.69 Å². The second kappa shape index (κ2) is 9.20. The van der Waals surface area contributed by atoms with E-state index in [1.54, 1.807) is 12.1 Å². The largest absolute Gasteiger partial charge is 0.339 e. The maximum atomic E-state index is 12.8. The fraction of sp³-hybridized carbons (Fsp3) is 0.545. The van der Waals surface area contributed by atoms with Gasteiger partial charge in [0.25, 0.3) is 5.91 Å². The normalized spacial score (nSPS) is 16.9. The molecule has 1 N–H and O–H groups in total. The topological polar surface area (TPSA) is 88.3 Å². The number of aromatic nitrogens is 2. The Bertz CT molecular complexity index is 875. The molecule has 0 saturated carbocycles. The van der Waals surface area contributed by atoms with Crippen LogP contribution in [-0.4, -0.2) is 39.4 Å². The Kier molecular flexibility index (Phi) is 6.67. The lowest BCUT2D eigenvalue weighted by atomic mass is 10.0. The van der Waals surface area contributed by atoms with E-state index in [0.29, 0.717) is 29.4 Å². The van der Waals surface area contributed by atoms with Crippen molar-refractivity contribution in [2.45, 2.75) is 71.8 Å². The van der Waals surface area contributed by atoms with Gasteiger partial charge in [-0.05, 0) is 56.9 Å². The summed E-state index contributed by atoms with van der Waals surface area (Å²) in [6.07, 6.45) is 3.94. The first-order chi connectivity index (χ1) is 13.8. The molecule has 7 heteroatoms. The molecule has 1 saturated heterocycles. The van der Waals surface area contributed by atoms with Crippen LogP contribution in [0.5, 0.6) is 0 Å². The lowest BCUT2D eigenvalue weighted by Crippen LogP contribution is -2.42. The minimum absolute atomic E-state index is 0.0653. The molecular weight excluding hydrogens is 368 g/mol. The average molecular weight is 399 g/mol. The number of nitrogens with one attached hydrogen (secondary N) is 1. The van der Waals surface area contributed by atoms with Gasteiger partial charge in [-0.1, -0.05) is 19.0 Å². The molecule has 1 unspecified atom stereocenters. The van der Waals surface area contributed by atoms with Crippen molar-refractivity contribution in [2.24, 2.45) is 0 Å². The number of benzene rings is 1. The van der Waals surface area contributed by atoms with Crippen molar-refractivity contribution in [2.75, 3.05) is 11.9 Å². The van der Waals surface area contributed by atoms with Gasteiger partial charge in [0.05, 0.1) is 0 Å². The Morgan fingerprint density at radius 3 is 2.76 bits per heavy atom. The van der Waals surface area contributed by atoms with Crippen molar-refractivity contribution < 1.29 is 14.1 Å². The van der Waals surface area contributed by atoms with E-state index in [9.17, 15) is 9.59 Å². The molecular formula is C22H30N4O3. The molecule has 0 spiro atoms. The standard InChI is InChI=1S/C22H30N4O3/c1-14(2)21-24-20(29-25-21)11-10-19(27)23-18-9-8-17(13-15(18)3)22(28)26-12-6-5-7-16(26)4/h8-9,13-14,16H,5-7,10-12H2,1-4H3,(H,23,27). The summed E-state index contributed by atoms with van der Waals surface area (Å²) in [6, 6.07) is 5.72. The minimum atomic E-state index is -0.124. The summed E-state index contributed by atoms with van der Waals surface area (Å²) in [5.74, 6) is 1.26. The van der Waals surface area contributed by atoms with Gasteiger partial charge < -0.3 is 14.7 Å². The van der Waals surface area contributed by atoms with Crippen LogP contribution in [0.2, 0.25) is 0 Å².